The van der Waals surface area contributed by atoms with E-state index in [9.17, 15) is 4.79 Å². The smallest absolute Gasteiger partial charge is 0.354 e. The molecule has 0 saturated heterocycles. The Kier molecular flexibility index (Phi) is 1.66. The van der Waals surface area contributed by atoms with Crippen LogP contribution in [0.1, 0.15) is 10.5 Å². The third-order valence-corrected chi connectivity index (χ3v) is 1.71. The summed E-state index contributed by atoms with van der Waals surface area (Å²) in [5.41, 5.74) is 1.51. The van der Waals surface area contributed by atoms with Crippen molar-refractivity contribution in [1.29, 1.82) is 0 Å². The second-order valence-electron chi connectivity index (χ2n) is 2.57. The maximum absolute atomic E-state index is 10.6. The zero-order valence-electron chi connectivity index (χ0n) is 6.64. The lowest BCUT2D eigenvalue weighted by molar-refractivity contribution is 0.0691. The predicted molar refractivity (Wildman–Crippen MR) is 45.6 cm³/mol. The van der Waals surface area contributed by atoms with Crippen LogP contribution in [0, 0.1) is 0 Å². The summed E-state index contributed by atoms with van der Waals surface area (Å²) in [6.45, 7) is 0. The van der Waals surface area contributed by atoms with Crippen molar-refractivity contribution >= 4 is 5.97 Å². The molecule has 4 heteroatoms. The molecule has 4 nitrogen and oxygen atoms in total. The second-order valence-corrected chi connectivity index (χ2v) is 2.57. The summed E-state index contributed by atoms with van der Waals surface area (Å²) in [7, 11) is 0. The Morgan fingerprint density at radius 2 is 2.08 bits per heavy atom. The zero-order chi connectivity index (χ0) is 9.26. The number of nitrogens with zero attached hydrogens (tertiary/aromatic N) is 2. The normalized spacial score (nSPS) is 10.2. The van der Waals surface area contributed by atoms with Gasteiger partial charge in [-0.05, 0) is 18.2 Å². The molecule has 0 saturated carbocycles. The summed E-state index contributed by atoms with van der Waals surface area (Å²) in [5, 5.41) is 8.67. The first-order valence-corrected chi connectivity index (χ1v) is 3.71. The Morgan fingerprint density at radius 1 is 1.31 bits per heavy atom. The fraction of sp³-hybridized carbons (Fsp3) is 0. The van der Waals surface area contributed by atoms with Crippen LogP contribution in [-0.4, -0.2) is 21.0 Å². The van der Waals surface area contributed by atoms with E-state index < -0.39 is 5.97 Å². The maximum atomic E-state index is 10.6. The van der Waals surface area contributed by atoms with E-state index in [4.69, 9.17) is 5.11 Å². The van der Waals surface area contributed by atoms with Crippen molar-refractivity contribution in [1.82, 2.24) is 9.97 Å². The molecule has 0 radical (unpaired) electrons. The molecule has 0 fully saturated rings. The number of carboxylic acid groups (broad SMARTS) is 1. The molecule has 13 heavy (non-hydrogen) atoms. The van der Waals surface area contributed by atoms with Crippen molar-refractivity contribution in [2.24, 2.45) is 0 Å². The summed E-state index contributed by atoms with van der Waals surface area (Å²) in [5.74, 6) is -1.01. The second kappa shape index (κ2) is 2.82. The molecule has 0 unspecified atom stereocenters. The SMILES string of the molecule is O=C(O)c1cc2ccnccc-2n1. The van der Waals surface area contributed by atoms with Gasteiger partial charge in [-0.2, -0.15) is 0 Å². The van der Waals surface area contributed by atoms with Gasteiger partial charge in [0.2, 0.25) is 0 Å². The van der Waals surface area contributed by atoms with Gasteiger partial charge in [-0.15, -0.1) is 0 Å². The van der Waals surface area contributed by atoms with Gasteiger partial charge in [0.05, 0.1) is 5.69 Å². The van der Waals surface area contributed by atoms with Crippen molar-refractivity contribution in [3.05, 3.63) is 36.3 Å². The highest BCUT2D eigenvalue weighted by Crippen LogP contribution is 2.19. The van der Waals surface area contributed by atoms with E-state index >= 15 is 0 Å². The molecule has 0 amide bonds. The highest BCUT2D eigenvalue weighted by Gasteiger charge is 2.11. The number of carboxylic acids is 1. The molecule has 2 aliphatic rings. The Bertz CT molecular complexity index is 397. The number of hydrogen-bond donors (Lipinski definition) is 1. The summed E-state index contributed by atoms with van der Waals surface area (Å²) < 4.78 is 0. The van der Waals surface area contributed by atoms with E-state index in [2.05, 4.69) is 9.97 Å². The predicted octanol–water partition coefficient (Wildman–Crippen LogP) is 1.28. The Hall–Kier alpha value is -1.97. The Balaban J connectivity index is 2.64. The van der Waals surface area contributed by atoms with Crippen LogP contribution in [0.2, 0.25) is 0 Å². The maximum Gasteiger partial charge on any atom is 0.354 e. The number of fused-ring (bicyclic) bond motifs is 1. The van der Waals surface area contributed by atoms with Crippen LogP contribution in [0.25, 0.3) is 11.3 Å². The minimum Gasteiger partial charge on any atom is -0.477 e. The minimum atomic E-state index is -1.01. The number of aromatic carboxylic acids is 1. The van der Waals surface area contributed by atoms with Crippen molar-refractivity contribution < 1.29 is 9.90 Å². The largest absolute Gasteiger partial charge is 0.477 e. The summed E-state index contributed by atoms with van der Waals surface area (Å²) >= 11 is 0. The van der Waals surface area contributed by atoms with Crippen LogP contribution in [0.15, 0.2) is 30.6 Å². The van der Waals surface area contributed by atoms with Gasteiger partial charge in [-0.25, -0.2) is 9.78 Å². The summed E-state index contributed by atoms with van der Waals surface area (Å²) in [4.78, 5) is 18.4. The lowest BCUT2D eigenvalue weighted by Gasteiger charge is -1.83. The standard InChI is InChI=1S/C9H6N2O2/c12-9(13)8-5-6-1-3-10-4-2-7(6)11-8/h1-5H,(H,12,13). The lowest BCUT2D eigenvalue weighted by atomic mass is 10.2. The molecule has 1 N–H and O–H groups in total. The number of carbonyl (C=O) groups is 1. The van der Waals surface area contributed by atoms with Gasteiger partial charge in [0.25, 0.3) is 0 Å². The van der Waals surface area contributed by atoms with Crippen LogP contribution < -0.4 is 0 Å². The van der Waals surface area contributed by atoms with Crippen molar-refractivity contribution in [2.45, 2.75) is 0 Å². The van der Waals surface area contributed by atoms with E-state index in [1.54, 1.807) is 24.5 Å². The quantitative estimate of drug-likeness (QED) is 0.707. The first kappa shape index (κ1) is 7.67. The molecular formula is C9H6N2O2. The molecule has 0 atom stereocenters. The van der Waals surface area contributed by atoms with Crippen LogP contribution in [0.4, 0.5) is 0 Å². The van der Waals surface area contributed by atoms with Gasteiger partial charge in [0, 0.05) is 18.0 Å². The van der Waals surface area contributed by atoms with Gasteiger partial charge in [0.1, 0.15) is 5.69 Å². The monoisotopic (exact) mass is 174 g/mol. The van der Waals surface area contributed by atoms with E-state index in [1.165, 1.54) is 6.07 Å². The first-order valence-electron chi connectivity index (χ1n) is 3.71. The first-order chi connectivity index (χ1) is 6.27. The van der Waals surface area contributed by atoms with Gasteiger partial charge >= 0.3 is 5.97 Å². The van der Waals surface area contributed by atoms with Crippen LogP contribution in [0.5, 0.6) is 0 Å². The molecule has 0 aromatic heterocycles. The molecule has 0 aromatic carbocycles. The molecular weight excluding hydrogens is 168 g/mol. The molecule has 2 rings (SSSR count). The topological polar surface area (TPSA) is 63.1 Å². The molecule has 0 aliphatic carbocycles. The third-order valence-electron chi connectivity index (χ3n) is 1.71. The number of aromatic nitrogens is 2. The molecule has 0 aromatic rings. The van der Waals surface area contributed by atoms with E-state index in [0.29, 0.717) is 5.69 Å². The van der Waals surface area contributed by atoms with Gasteiger partial charge in [-0.1, -0.05) is 0 Å². The summed E-state index contributed by atoms with van der Waals surface area (Å²) in [6, 6.07) is 4.94. The number of hydrogen-bond acceptors (Lipinski definition) is 3. The Morgan fingerprint density at radius 3 is 2.85 bits per heavy atom. The van der Waals surface area contributed by atoms with Crippen molar-refractivity contribution in [3.8, 4) is 11.3 Å². The fourth-order valence-electron chi connectivity index (χ4n) is 1.11. The van der Waals surface area contributed by atoms with E-state index in [-0.39, 0.29) is 5.69 Å². The molecule has 0 bridgehead atoms. The highest BCUT2D eigenvalue weighted by atomic mass is 16.4. The van der Waals surface area contributed by atoms with Crippen LogP contribution >= 0.6 is 0 Å². The Labute approximate surface area is 74.2 Å². The zero-order valence-corrected chi connectivity index (χ0v) is 6.64. The van der Waals surface area contributed by atoms with Gasteiger partial charge in [0.15, 0.2) is 0 Å². The molecule has 2 aliphatic heterocycles. The lowest BCUT2D eigenvalue weighted by Crippen LogP contribution is -1.94. The summed E-state index contributed by atoms with van der Waals surface area (Å²) in [6.07, 6.45) is 3.19. The average molecular weight is 174 g/mol. The number of rotatable bonds is 1. The highest BCUT2D eigenvalue weighted by molar-refractivity contribution is 5.88. The van der Waals surface area contributed by atoms with Crippen molar-refractivity contribution in [3.63, 3.8) is 0 Å². The molecule has 64 valence electrons. The van der Waals surface area contributed by atoms with Gasteiger partial charge < -0.3 is 5.11 Å². The minimum absolute atomic E-state index is 0.0706. The van der Waals surface area contributed by atoms with Gasteiger partial charge in [-0.3, -0.25) is 4.98 Å². The molecule has 2 heterocycles. The third kappa shape index (κ3) is 1.33. The van der Waals surface area contributed by atoms with Crippen LogP contribution in [0.3, 0.4) is 0 Å². The molecule has 0 spiro atoms. The average Bonchev–Trinajstić information content (AvgIpc) is 2.38. The fourth-order valence-corrected chi connectivity index (χ4v) is 1.11. The van der Waals surface area contributed by atoms with E-state index in [0.717, 1.165) is 5.56 Å². The van der Waals surface area contributed by atoms with E-state index in [1.807, 2.05) is 0 Å². The van der Waals surface area contributed by atoms with Crippen LogP contribution in [-0.2, 0) is 0 Å². The van der Waals surface area contributed by atoms with Crippen molar-refractivity contribution in [2.75, 3.05) is 0 Å².